The Bertz CT molecular complexity index is 1390. The first-order valence-corrected chi connectivity index (χ1v) is 11.4. The van der Waals surface area contributed by atoms with Crippen molar-refractivity contribution >= 4 is 28.8 Å². The number of esters is 1. The van der Waals surface area contributed by atoms with Crippen molar-refractivity contribution in [1.29, 1.82) is 0 Å². The number of amides is 2. The van der Waals surface area contributed by atoms with Crippen molar-refractivity contribution in [1.82, 2.24) is 19.8 Å². The summed E-state index contributed by atoms with van der Waals surface area (Å²) in [6.07, 6.45) is 1.45. The quantitative estimate of drug-likeness (QED) is 0.415. The smallest absolute Gasteiger partial charge is 0.338 e. The summed E-state index contributed by atoms with van der Waals surface area (Å²) in [6, 6.07) is 15.7. The maximum atomic E-state index is 12.6. The summed E-state index contributed by atoms with van der Waals surface area (Å²) < 4.78 is 15.6. The molecule has 1 aliphatic rings. The number of piperazine rings is 1. The van der Waals surface area contributed by atoms with Gasteiger partial charge in [0.2, 0.25) is 0 Å². The van der Waals surface area contributed by atoms with Gasteiger partial charge in [-0.15, -0.1) is 0 Å². The van der Waals surface area contributed by atoms with Crippen molar-refractivity contribution in [2.45, 2.75) is 0 Å². The van der Waals surface area contributed by atoms with Crippen LogP contribution in [0.5, 0.6) is 5.75 Å². The Morgan fingerprint density at radius 2 is 1.75 bits per heavy atom. The van der Waals surface area contributed by atoms with Crippen molar-refractivity contribution < 1.29 is 28.3 Å². The number of furan rings is 1. The van der Waals surface area contributed by atoms with Crippen LogP contribution in [0, 0.1) is 0 Å². The highest BCUT2D eigenvalue weighted by Crippen LogP contribution is 2.23. The molecule has 3 heterocycles. The van der Waals surface area contributed by atoms with Gasteiger partial charge in [0, 0.05) is 31.7 Å². The predicted octanol–water partition coefficient (Wildman–Crippen LogP) is 2.97. The fraction of sp³-hybridized carbons (Fsp3) is 0.231. The normalized spacial score (nSPS) is 13.6. The zero-order valence-corrected chi connectivity index (χ0v) is 19.6. The van der Waals surface area contributed by atoms with Crippen molar-refractivity contribution in [2.75, 3.05) is 39.9 Å². The number of ether oxygens (including phenoxy) is 2. The molecule has 2 aromatic heterocycles. The molecule has 0 spiro atoms. The summed E-state index contributed by atoms with van der Waals surface area (Å²) in [6.45, 7) is 1.11. The Hall–Kier alpha value is -4.60. The number of methoxy groups -OCH3 is 1. The molecular formula is C26H24N4O6. The van der Waals surface area contributed by atoms with Crippen molar-refractivity contribution in [3.05, 3.63) is 72.2 Å². The summed E-state index contributed by atoms with van der Waals surface area (Å²) in [4.78, 5) is 48.5. The van der Waals surface area contributed by atoms with Gasteiger partial charge in [-0.3, -0.25) is 9.59 Å². The topological polar surface area (TPSA) is 118 Å². The van der Waals surface area contributed by atoms with Crippen LogP contribution in [-0.4, -0.2) is 77.4 Å². The summed E-state index contributed by atoms with van der Waals surface area (Å²) in [5, 5.41) is 0. The molecular weight excluding hydrogens is 464 g/mol. The van der Waals surface area contributed by atoms with Crippen molar-refractivity contribution in [3.8, 4) is 17.1 Å². The Morgan fingerprint density at radius 3 is 2.44 bits per heavy atom. The first kappa shape index (κ1) is 23.2. The zero-order chi connectivity index (χ0) is 25.1. The standard InChI is InChI=1S/C26H24N4O6/c1-34-19-7-4-17(5-8-19)24-27-20-9-6-18(15-21(20)28-24)26(33)36-16-23(31)29-10-12-30(13-11-29)25(32)22-3-2-14-35-22/h2-9,14-15H,10-13,16H2,1H3,(H,27,28). The summed E-state index contributed by atoms with van der Waals surface area (Å²) >= 11 is 0. The number of aromatic amines is 1. The van der Waals surface area contributed by atoms with Gasteiger partial charge in [0.1, 0.15) is 11.6 Å². The van der Waals surface area contributed by atoms with Gasteiger partial charge in [0.25, 0.3) is 11.8 Å². The molecule has 1 fully saturated rings. The second-order valence-corrected chi connectivity index (χ2v) is 8.27. The van der Waals surface area contributed by atoms with Gasteiger partial charge in [0.15, 0.2) is 12.4 Å². The van der Waals surface area contributed by atoms with E-state index in [0.717, 1.165) is 11.3 Å². The van der Waals surface area contributed by atoms with Gasteiger partial charge in [0.05, 0.1) is 30.0 Å². The van der Waals surface area contributed by atoms with E-state index >= 15 is 0 Å². The Morgan fingerprint density at radius 1 is 1.00 bits per heavy atom. The fourth-order valence-corrected chi connectivity index (χ4v) is 4.04. The average Bonchev–Trinajstić information content (AvgIpc) is 3.61. The number of carbonyl (C=O) groups is 3. The molecule has 5 rings (SSSR count). The van der Waals surface area contributed by atoms with E-state index in [9.17, 15) is 14.4 Å². The summed E-state index contributed by atoms with van der Waals surface area (Å²) in [5.41, 5.74) is 2.58. The maximum Gasteiger partial charge on any atom is 0.338 e. The number of nitrogens with one attached hydrogen (secondary N) is 1. The first-order chi connectivity index (χ1) is 17.5. The highest BCUT2D eigenvalue weighted by molar-refractivity contribution is 5.95. The molecule has 2 aromatic carbocycles. The monoisotopic (exact) mass is 488 g/mol. The van der Waals surface area contributed by atoms with E-state index in [1.807, 2.05) is 24.3 Å². The lowest BCUT2D eigenvalue weighted by Crippen LogP contribution is -2.51. The van der Waals surface area contributed by atoms with Gasteiger partial charge in [-0.1, -0.05) is 0 Å². The number of carbonyl (C=O) groups excluding carboxylic acids is 3. The number of nitrogens with zero attached hydrogens (tertiary/aromatic N) is 3. The Balaban J connectivity index is 1.16. The van der Waals surface area contributed by atoms with Crippen molar-refractivity contribution in [3.63, 3.8) is 0 Å². The van der Waals surface area contributed by atoms with Gasteiger partial charge in [-0.05, 0) is 54.6 Å². The first-order valence-electron chi connectivity index (χ1n) is 11.4. The molecule has 10 heteroatoms. The predicted molar refractivity (Wildman–Crippen MR) is 130 cm³/mol. The van der Waals surface area contributed by atoms with Crippen LogP contribution in [0.1, 0.15) is 20.9 Å². The number of rotatable bonds is 6. The second-order valence-electron chi connectivity index (χ2n) is 8.27. The number of benzene rings is 2. The van der Waals surface area contributed by atoms with Crippen LogP contribution in [0.3, 0.4) is 0 Å². The molecule has 184 valence electrons. The van der Waals surface area contributed by atoms with Crippen LogP contribution in [0.15, 0.2) is 65.3 Å². The van der Waals surface area contributed by atoms with E-state index in [0.29, 0.717) is 48.6 Å². The fourth-order valence-electron chi connectivity index (χ4n) is 4.04. The number of hydrogen-bond acceptors (Lipinski definition) is 7. The molecule has 1 aliphatic heterocycles. The molecule has 0 atom stereocenters. The SMILES string of the molecule is COc1ccc(-c2nc3ccc(C(=O)OCC(=O)N4CCN(C(=O)c5ccco5)CC4)cc3[nH]2)cc1. The zero-order valence-electron chi connectivity index (χ0n) is 19.6. The molecule has 10 nitrogen and oxygen atoms in total. The number of aromatic nitrogens is 2. The maximum absolute atomic E-state index is 12.6. The lowest BCUT2D eigenvalue weighted by atomic mass is 10.2. The molecule has 0 saturated carbocycles. The number of imidazole rings is 1. The third kappa shape index (κ3) is 4.78. The van der Waals surface area contributed by atoms with Crippen LogP contribution in [-0.2, 0) is 9.53 Å². The molecule has 1 N–H and O–H groups in total. The third-order valence-corrected chi connectivity index (χ3v) is 6.06. The summed E-state index contributed by atoms with van der Waals surface area (Å²) in [5.74, 6) is 0.573. The molecule has 0 unspecified atom stereocenters. The minimum Gasteiger partial charge on any atom is -0.497 e. The van der Waals surface area contributed by atoms with E-state index in [2.05, 4.69) is 9.97 Å². The van der Waals surface area contributed by atoms with Crippen LogP contribution in [0.25, 0.3) is 22.4 Å². The number of H-pyrrole nitrogens is 1. The molecule has 0 bridgehead atoms. The molecule has 0 aliphatic carbocycles. The van der Waals surface area contributed by atoms with E-state index in [1.165, 1.54) is 6.26 Å². The lowest BCUT2D eigenvalue weighted by molar-refractivity contribution is -0.136. The average molecular weight is 489 g/mol. The van der Waals surface area contributed by atoms with Crippen LogP contribution in [0.2, 0.25) is 0 Å². The van der Waals surface area contributed by atoms with Crippen LogP contribution < -0.4 is 4.74 Å². The lowest BCUT2D eigenvalue weighted by Gasteiger charge is -2.34. The van der Waals surface area contributed by atoms with E-state index in [1.54, 1.807) is 47.2 Å². The number of hydrogen-bond donors (Lipinski definition) is 1. The van der Waals surface area contributed by atoms with E-state index in [-0.39, 0.29) is 24.2 Å². The Labute approximate surface area is 206 Å². The van der Waals surface area contributed by atoms with E-state index < -0.39 is 5.97 Å². The number of fused-ring (bicyclic) bond motifs is 1. The third-order valence-electron chi connectivity index (χ3n) is 6.06. The summed E-state index contributed by atoms with van der Waals surface area (Å²) in [7, 11) is 1.61. The molecule has 0 radical (unpaired) electrons. The van der Waals surface area contributed by atoms with Crippen LogP contribution >= 0.6 is 0 Å². The van der Waals surface area contributed by atoms with Gasteiger partial charge in [-0.2, -0.15) is 0 Å². The van der Waals surface area contributed by atoms with Gasteiger partial charge < -0.3 is 28.7 Å². The van der Waals surface area contributed by atoms with Crippen molar-refractivity contribution in [2.24, 2.45) is 0 Å². The van der Waals surface area contributed by atoms with Gasteiger partial charge in [-0.25, -0.2) is 9.78 Å². The Kier molecular flexibility index (Phi) is 6.40. The van der Waals surface area contributed by atoms with Crippen LogP contribution in [0.4, 0.5) is 0 Å². The molecule has 4 aromatic rings. The van der Waals surface area contributed by atoms with E-state index in [4.69, 9.17) is 13.9 Å². The molecule has 36 heavy (non-hydrogen) atoms. The highest BCUT2D eigenvalue weighted by Gasteiger charge is 2.26. The highest BCUT2D eigenvalue weighted by atomic mass is 16.5. The largest absolute Gasteiger partial charge is 0.497 e. The second kappa shape index (κ2) is 9.95. The minimum absolute atomic E-state index is 0.206. The van der Waals surface area contributed by atoms with Gasteiger partial charge >= 0.3 is 5.97 Å². The minimum atomic E-state index is -0.600. The molecule has 2 amide bonds. The molecule has 1 saturated heterocycles.